The molecular formula is C21H22F2N4O2. The average Bonchev–Trinajstić information content (AvgIpc) is 3.33. The van der Waals surface area contributed by atoms with Crippen LogP contribution in [0.1, 0.15) is 36.0 Å². The van der Waals surface area contributed by atoms with E-state index >= 15 is 0 Å². The molecule has 1 saturated carbocycles. The summed E-state index contributed by atoms with van der Waals surface area (Å²) < 4.78 is 26.3. The summed E-state index contributed by atoms with van der Waals surface area (Å²) >= 11 is 0. The number of urea groups is 1. The summed E-state index contributed by atoms with van der Waals surface area (Å²) in [5.74, 6) is -2.18. The Morgan fingerprint density at radius 2 is 1.55 bits per heavy atom. The summed E-state index contributed by atoms with van der Waals surface area (Å²) in [6.07, 6.45) is 4.14. The third-order valence-corrected chi connectivity index (χ3v) is 5.04. The highest BCUT2D eigenvalue weighted by molar-refractivity contribution is 6.04. The maximum Gasteiger partial charge on any atom is 0.323 e. The van der Waals surface area contributed by atoms with E-state index in [9.17, 15) is 18.4 Å². The first-order valence-corrected chi connectivity index (χ1v) is 9.72. The van der Waals surface area contributed by atoms with Gasteiger partial charge in [-0.15, -0.1) is 0 Å². The fourth-order valence-corrected chi connectivity index (χ4v) is 3.39. The molecule has 1 saturated heterocycles. The van der Waals surface area contributed by atoms with Gasteiger partial charge in [0, 0.05) is 42.3 Å². The first-order chi connectivity index (χ1) is 14.0. The Labute approximate surface area is 167 Å². The van der Waals surface area contributed by atoms with Gasteiger partial charge in [0.25, 0.3) is 5.91 Å². The third kappa shape index (κ3) is 4.64. The Balaban J connectivity index is 1.51. The van der Waals surface area contributed by atoms with Gasteiger partial charge in [0.15, 0.2) is 11.6 Å². The van der Waals surface area contributed by atoms with Gasteiger partial charge in [0.2, 0.25) is 0 Å². The van der Waals surface area contributed by atoms with E-state index in [0.29, 0.717) is 11.3 Å². The summed E-state index contributed by atoms with van der Waals surface area (Å²) in [5, 5.41) is 8.09. The summed E-state index contributed by atoms with van der Waals surface area (Å²) in [7, 11) is 0. The Morgan fingerprint density at radius 3 is 2.21 bits per heavy atom. The summed E-state index contributed by atoms with van der Waals surface area (Å²) in [4.78, 5) is 27.1. The van der Waals surface area contributed by atoms with Gasteiger partial charge in [-0.25, -0.2) is 13.6 Å². The molecule has 4 rings (SSSR count). The Kier molecular flexibility index (Phi) is 5.33. The van der Waals surface area contributed by atoms with E-state index < -0.39 is 17.7 Å². The number of nitrogens with one attached hydrogen (secondary N) is 3. The van der Waals surface area contributed by atoms with Crippen LogP contribution in [-0.2, 0) is 0 Å². The number of benzene rings is 2. The summed E-state index contributed by atoms with van der Waals surface area (Å²) in [6.45, 7) is 1.79. The van der Waals surface area contributed by atoms with Crippen molar-refractivity contribution >= 4 is 29.0 Å². The SMILES string of the molecule is O=C(Nc1ccc(F)c(F)c1)Nc1ccc(N2CCCC2)c(C(=O)NC2CC2)c1. The molecule has 0 radical (unpaired) electrons. The van der Waals surface area contributed by atoms with Crippen molar-refractivity contribution in [3.63, 3.8) is 0 Å². The summed E-state index contributed by atoms with van der Waals surface area (Å²) in [5.41, 5.74) is 1.94. The number of hydrogen-bond acceptors (Lipinski definition) is 3. The summed E-state index contributed by atoms with van der Waals surface area (Å²) in [6, 6.07) is 7.93. The Morgan fingerprint density at radius 1 is 0.897 bits per heavy atom. The molecule has 2 fully saturated rings. The maximum atomic E-state index is 13.3. The number of nitrogens with zero attached hydrogens (tertiary/aromatic N) is 1. The van der Waals surface area contributed by atoms with Crippen molar-refractivity contribution in [3.05, 3.63) is 53.6 Å². The second kappa shape index (κ2) is 8.06. The lowest BCUT2D eigenvalue weighted by Crippen LogP contribution is -2.29. The van der Waals surface area contributed by atoms with E-state index in [1.165, 1.54) is 6.07 Å². The van der Waals surface area contributed by atoms with Gasteiger partial charge < -0.3 is 20.9 Å². The number of carbonyl (C=O) groups is 2. The van der Waals surface area contributed by atoms with Crippen LogP contribution in [0.25, 0.3) is 0 Å². The number of anilines is 3. The van der Waals surface area contributed by atoms with Crippen LogP contribution in [0.4, 0.5) is 30.6 Å². The molecule has 0 unspecified atom stereocenters. The molecule has 2 aliphatic rings. The molecule has 2 aromatic carbocycles. The van der Waals surface area contributed by atoms with Gasteiger partial charge in [0.1, 0.15) is 0 Å². The highest BCUT2D eigenvalue weighted by Gasteiger charge is 2.26. The normalized spacial score (nSPS) is 15.9. The van der Waals surface area contributed by atoms with Gasteiger partial charge in [-0.2, -0.15) is 0 Å². The molecule has 1 aliphatic carbocycles. The zero-order chi connectivity index (χ0) is 20.4. The number of carbonyl (C=O) groups excluding carboxylic acids is 2. The molecule has 3 N–H and O–H groups in total. The topological polar surface area (TPSA) is 73.5 Å². The van der Waals surface area contributed by atoms with E-state index in [0.717, 1.165) is 56.6 Å². The van der Waals surface area contributed by atoms with Crippen molar-refractivity contribution in [2.45, 2.75) is 31.7 Å². The molecule has 1 aliphatic heterocycles. The second-order valence-electron chi connectivity index (χ2n) is 7.38. The first kappa shape index (κ1) is 19.2. The zero-order valence-corrected chi connectivity index (χ0v) is 15.8. The lowest BCUT2D eigenvalue weighted by atomic mass is 10.1. The molecule has 6 nitrogen and oxygen atoms in total. The first-order valence-electron chi connectivity index (χ1n) is 9.72. The molecule has 0 bridgehead atoms. The van der Waals surface area contributed by atoms with Gasteiger partial charge in [0.05, 0.1) is 5.56 Å². The molecule has 29 heavy (non-hydrogen) atoms. The second-order valence-corrected chi connectivity index (χ2v) is 7.38. The van der Waals surface area contributed by atoms with Crippen molar-refractivity contribution in [2.75, 3.05) is 28.6 Å². The predicted octanol–water partition coefficient (Wildman–Crippen LogP) is 4.10. The Bertz CT molecular complexity index is 940. The van der Waals surface area contributed by atoms with Crippen LogP contribution in [0.3, 0.4) is 0 Å². The van der Waals surface area contributed by atoms with Crippen LogP contribution < -0.4 is 20.9 Å². The van der Waals surface area contributed by atoms with E-state index in [4.69, 9.17) is 0 Å². The van der Waals surface area contributed by atoms with Crippen LogP contribution >= 0.6 is 0 Å². The molecule has 0 atom stereocenters. The largest absolute Gasteiger partial charge is 0.371 e. The third-order valence-electron chi connectivity index (χ3n) is 5.04. The zero-order valence-electron chi connectivity index (χ0n) is 15.8. The highest BCUT2D eigenvalue weighted by Crippen LogP contribution is 2.29. The van der Waals surface area contributed by atoms with Gasteiger partial charge in [-0.05, 0) is 56.0 Å². The van der Waals surface area contributed by atoms with E-state index in [-0.39, 0.29) is 17.6 Å². The van der Waals surface area contributed by atoms with Crippen molar-refractivity contribution in [1.82, 2.24) is 5.32 Å². The Hall–Kier alpha value is -3.16. The fraction of sp³-hybridized carbons (Fsp3) is 0.333. The van der Waals surface area contributed by atoms with Crippen LogP contribution in [0, 0.1) is 11.6 Å². The number of rotatable bonds is 5. The molecule has 3 amide bonds. The molecule has 8 heteroatoms. The molecule has 1 heterocycles. The van der Waals surface area contributed by atoms with Crippen LogP contribution in [0.15, 0.2) is 36.4 Å². The van der Waals surface area contributed by atoms with E-state index in [2.05, 4.69) is 20.9 Å². The van der Waals surface area contributed by atoms with Crippen molar-refractivity contribution in [3.8, 4) is 0 Å². The number of amides is 3. The van der Waals surface area contributed by atoms with Gasteiger partial charge in [-0.1, -0.05) is 0 Å². The van der Waals surface area contributed by atoms with Gasteiger partial charge in [-0.3, -0.25) is 4.79 Å². The number of hydrogen-bond donors (Lipinski definition) is 3. The number of halogens is 2. The molecule has 152 valence electrons. The fourth-order valence-electron chi connectivity index (χ4n) is 3.39. The predicted molar refractivity (Wildman–Crippen MR) is 107 cm³/mol. The minimum atomic E-state index is -1.04. The van der Waals surface area contributed by atoms with Crippen molar-refractivity contribution in [2.24, 2.45) is 0 Å². The smallest absolute Gasteiger partial charge is 0.323 e. The quantitative estimate of drug-likeness (QED) is 0.708. The van der Waals surface area contributed by atoms with E-state index in [1.54, 1.807) is 12.1 Å². The minimum Gasteiger partial charge on any atom is -0.371 e. The van der Waals surface area contributed by atoms with Crippen molar-refractivity contribution < 1.29 is 18.4 Å². The molecule has 0 spiro atoms. The monoisotopic (exact) mass is 400 g/mol. The van der Waals surface area contributed by atoms with Crippen molar-refractivity contribution in [1.29, 1.82) is 0 Å². The average molecular weight is 400 g/mol. The maximum absolute atomic E-state index is 13.3. The molecule has 0 aromatic heterocycles. The van der Waals surface area contributed by atoms with Crippen LogP contribution in [-0.4, -0.2) is 31.1 Å². The highest BCUT2D eigenvalue weighted by atomic mass is 19.2. The standard InChI is InChI=1S/C21H22F2N4O2/c22-17-7-5-15(12-18(17)23)26-21(29)25-14-6-8-19(27-9-1-2-10-27)16(11-14)20(28)24-13-3-4-13/h5-8,11-13H,1-4,9-10H2,(H,24,28)(H2,25,26,29). The minimum absolute atomic E-state index is 0.127. The van der Waals surface area contributed by atoms with Gasteiger partial charge >= 0.3 is 6.03 Å². The molecular weight excluding hydrogens is 378 g/mol. The lowest BCUT2D eigenvalue weighted by molar-refractivity contribution is 0.0951. The molecule has 2 aromatic rings. The van der Waals surface area contributed by atoms with Crippen LogP contribution in [0.2, 0.25) is 0 Å². The lowest BCUT2D eigenvalue weighted by Gasteiger charge is -2.22. The van der Waals surface area contributed by atoms with E-state index in [1.807, 2.05) is 6.07 Å². The van der Waals surface area contributed by atoms with Crippen LogP contribution in [0.5, 0.6) is 0 Å².